The molecule has 17 heavy (non-hydrogen) atoms. The third-order valence-electron chi connectivity index (χ3n) is 3.19. The van der Waals surface area contributed by atoms with Crippen LogP contribution in [0.15, 0.2) is 22.7 Å². The quantitative estimate of drug-likeness (QED) is 0.850. The maximum atomic E-state index is 5.25. The van der Waals surface area contributed by atoms with Gasteiger partial charge >= 0.3 is 0 Å². The molecular weight excluding hydrogens is 278 g/mol. The topological polar surface area (TPSA) is 21.3 Å². The standard InChI is InChI=1S/C14H20BrNO/c1-10(8-11-6-7-11)16-14-5-3-4-13(15)12(14)9-17-2/h3-5,10-11,16H,6-9H2,1-2H3. The molecule has 0 aliphatic heterocycles. The Balaban J connectivity index is 2.04. The highest BCUT2D eigenvalue weighted by atomic mass is 79.9. The molecule has 1 aromatic rings. The van der Waals surface area contributed by atoms with Crippen molar-refractivity contribution < 1.29 is 4.74 Å². The number of hydrogen-bond donors (Lipinski definition) is 1. The van der Waals surface area contributed by atoms with Crippen molar-refractivity contribution in [2.24, 2.45) is 5.92 Å². The Morgan fingerprint density at radius 1 is 1.47 bits per heavy atom. The van der Waals surface area contributed by atoms with Crippen LogP contribution in [-0.4, -0.2) is 13.2 Å². The van der Waals surface area contributed by atoms with Crippen LogP contribution in [0.1, 0.15) is 31.7 Å². The Bertz CT molecular complexity index is 376. The number of rotatable bonds is 6. The van der Waals surface area contributed by atoms with Crippen LogP contribution in [-0.2, 0) is 11.3 Å². The molecule has 1 unspecified atom stereocenters. The van der Waals surface area contributed by atoms with Gasteiger partial charge in [0.25, 0.3) is 0 Å². The van der Waals surface area contributed by atoms with E-state index in [-0.39, 0.29) is 0 Å². The maximum Gasteiger partial charge on any atom is 0.0744 e. The van der Waals surface area contributed by atoms with Crippen LogP contribution < -0.4 is 5.32 Å². The average Bonchev–Trinajstić information content (AvgIpc) is 3.07. The summed E-state index contributed by atoms with van der Waals surface area (Å²) in [5.41, 5.74) is 2.40. The third-order valence-corrected chi connectivity index (χ3v) is 3.94. The highest BCUT2D eigenvalue weighted by Crippen LogP contribution is 2.34. The minimum atomic E-state index is 0.535. The minimum absolute atomic E-state index is 0.535. The summed E-state index contributed by atoms with van der Waals surface area (Å²) in [7, 11) is 1.73. The molecule has 0 saturated heterocycles. The van der Waals surface area contributed by atoms with E-state index in [9.17, 15) is 0 Å². The van der Waals surface area contributed by atoms with Crippen molar-refractivity contribution in [2.45, 2.75) is 38.8 Å². The normalized spacial score (nSPS) is 16.9. The van der Waals surface area contributed by atoms with Crippen molar-refractivity contribution >= 4 is 21.6 Å². The summed E-state index contributed by atoms with van der Waals surface area (Å²) >= 11 is 3.58. The molecule has 1 saturated carbocycles. The van der Waals surface area contributed by atoms with Gasteiger partial charge in [-0.2, -0.15) is 0 Å². The van der Waals surface area contributed by atoms with Gasteiger partial charge in [0.15, 0.2) is 0 Å². The molecule has 94 valence electrons. The van der Waals surface area contributed by atoms with E-state index in [1.54, 1.807) is 7.11 Å². The predicted octanol–water partition coefficient (Wildman–Crippen LogP) is 4.20. The molecule has 2 rings (SSSR count). The second kappa shape index (κ2) is 5.87. The van der Waals surface area contributed by atoms with E-state index < -0.39 is 0 Å². The molecule has 1 aromatic carbocycles. The lowest BCUT2D eigenvalue weighted by Gasteiger charge is -2.18. The van der Waals surface area contributed by atoms with E-state index >= 15 is 0 Å². The largest absolute Gasteiger partial charge is 0.382 e. The Labute approximate surface area is 112 Å². The minimum Gasteiger partial charge on any atom is -0.382 e. The van der Waals surface area contributed by atoms with Crippen LogP contribution in [0.5, 0.6) is 0 Å². The van der Waals surface area contributed by atoms with Gasteiger partial charge in [0, 0.05) is 28.9 Å². The molecule has 2 nitrogen and oxygen atoms in total. The maximum absolute atomic E-state index is 5.25. The first-order chi connectivity index (χ1) is 8.20. The number of benzene rings is 1. The van der Waals surface area contributed by atoms with Crippen LogP contribution in [0.4, 0.5) is 5.69 Å². The highest BCUT2D eigenvalue weighted by molar-refractivity contribution is 9.10. The summed E-state index contributed by atoms with van der Waals surface area (Å²) in [4.78, 5) is 0. The van der Waals surface area contributed by atoms with Crippen molar-refractivity contribution in [3.8, 4) is 0 Å². The fraction of sp³-hybridized carbons (Fsp3) is 0.571. The molecule has 0 radical (unpaired) electrons. The summed E-state index contributed by atoms with van der Waals surface area (Å²) in [5.74, 6) is 0.954. The van der Waals surface area contributed by atoms with Crippen molar-refractivity contribution in [1.82, 2.24) is 0 Å². The molecule has 1 aliphatic carbocycles. The summed E-state index contributed by atoms with van der Waals surface area (Å²) in [6, 6.07) is 6.79. The molecule has 3 heteroatoms. The Kier molecular flexibility index (Phi) is 4.46. The van der Waals surface area contributed by atoms with Crippen LogP contribution >= 0.6 is 15.9 Å². The Morgan fingerprint density at radius 2 is 2.24 bits per heavy atom. The zero-order valence-corrected chi connectivity index (χ0v) is 12.1. The number of hydrogen-bond acceptors (Lipinski definition) is 2. The average molecular weight is 298 g/mol. The molecule has 0 aromatic heterocycles. The lowest BCUT2D eigenvalue weighted by Crippen LogP contribution is -2.17. The zero-order chi connectivity index (χ0) is 12.3. The van der Waals surface area contributed by atoms with E-state index in [2.05, 4.69) is 46.4 Å². The molecule has 0 bridgehead atoms. The predicted molar refractivity (Wildman–Crippen MR) is 75.3 cm³/mol. The van der Waals surface area contributed by atoms with Gasteiger partial charge in [-0.1, -0.05) is 34.8 Å². The second-order valence-corrected chi connectivity index (χ2v) is 5.78. The van der Waals surface area contributed by atoms with Gasteiger partial charge < -0.3 is 10.1 Å². The molecule has 1 aliphatic rings. The van der Waals surface area contributed by atoms with Crippen LogP contribution in [0.25, 0.3) is 0 Å². The van der Waals surface area contributed by atoms with Gasteiger partial charge in [0.05, 0.1) is 6.61 Å². The molecule has 0 heterocycles. The van der Waals surface area contributed by atoms with E-state index in [0.29, 0.717) is 12.6 Å². The van der Waals surface area contributed by atoms with E-state index in [4.69, 9.17) is 4.74 Å². The van der Waals surface area contributed by atoms with Crippen molar-refractivity contribution in [3.63, 3.8) is 0 Å². The van der Waals surface area contributed by atoms with Crippen molar-refractivity contribution in [1.29, 1.82) is 0 Å². The monoisotopic (exact) mass is 297 g/mol. The van der Waals surface area contributed by atoms with Gasteiger partial charge in [0.1, 0.15) is 0 Å². The van der Waals surface area contributed by atoms with Crippen molar-refractivity contribution in [2.75, 3.05) is 12.4 Å². The van der Waals surface area contributed by atoms with Gasteiger partial charge in [-0.15, -0.1) is 0 Å². The van der Waals surface area contributed by atoms with Crippen LogP contribution in [0.2, 0.25) is 0 Å². The lowest BCUT2D eigenvalue weighted by molar-refractivity contribution is 0.185. The van der Waals surface area contributed by atoms with Gasteiger partial charge in [-0.25, -0.2) is 0 Å². The summed E-state index contributed by atoms with van der Waals surface area (Å²) < 4.78 is 6.37. The summed E-state index contributed by atoms with van der Waals surface area (Å²) in [6.45, 7) is 2.90. The van der Waals surface area contributed by atoms with Gasteiger partial charge in [0.2, 0.25) is 0 Å². The number of methoxy groups -OCH3 is 1. The molecular formula is C14H20BrNO. The fourth-order valence-corrected chi connectivity index (χ4v) is 2.64. The number of ether oxygens (including phenoxy) is 1. The number of anilines is 1. The second-order valence-electron chi connectivity index (χ2n) is 4.92. The first-order valence-electron chi connectivity index (χ1n) is 6.23. The summed E-state index contributed by atoms with van der Waals surface area (Å²) in [5, 5.41) is 3.60. The molecule has 1 fully saturated rings. The molecule has 0 spiro atoms. The zero-order valence-electron chi connectivity index (χ0n) is 10.5. The van der Waals surface area contributed by atoms with Gasteiger partial charge in [-0.05, 0) is 31.4 Å². The third kappa shape index (κ3) is 3.71. The van der Waals surface area contributed by atoms with Crippen LogP contribution in [0.3, 0.4) is 0 Å². The highest BCUT2D eigenvalue weighted by Gasteiger charge is 2.23. The molecule has 1 N–H and O–H groups in total. The SMILES string of the molecule is COCc1c(Br)cccc1NC(C)CC1CC1. The Hall–Kier alpha value is -0.540. The first kappa shape index (κ1) is 12.9. The fourth-order valence-electron chi connectivity index (χ4n) is 2.16. The van der Waals surface area contributed by atoms with E-state index in [1.807, 2.05) is 0 Å². The number of nitrogens with one attached hydrogen (secondary N) is 1. The van der Waals surface area contributed by atoms with Gasteiger partial charge in [-0.3, -0.25) is 0 Å². The Morgan fingerprint density at radius 3 is 2.88 bits per heavy atom. The first-order valence-corrected chi connectivity index (χ1v) is 7.03. The van der Waals surface area contributed by atoms with Crippen molar-refractivity contribution in [3.05, 3.63) is 28.2 Å². The molecule has 0 amide bonds. The number of halogens is 1. The van der Waals surface area contributed by atoms with Crippen LogP contribution in [0, 0.1) is 5.92 Å². The van der Waals surface area contributed by atoms with E-state index in [0.717, 1.165) is 10.4 Å². The smallest absolute Gasteiger partial charge is 0.0744 e. The molecule has 1 atom stereocenters. The van der Waals surface area contributed by atoms with E-state index in [1.165, 1.54) is 30.5 Å². The summed E-state index contributed by atoms with van der Waals surface area (Å²) in [6.07, 6.45) is 4.10. The lowest BCUT2D eigenvalue weighted by atomic mass is 10.1.